The Balaban J connectivity index is 1.63. The molecule has 2 saturated carbocycles. The maximum atomic E-state index is 12.3. The number of aliphatic hydroxyl groups is 1. The average Bonchev–Trinajstić information content (AvgIpc) is 3.17. The lowest BCUT2D eigenvalue weighted by Crippen LogP contribution is -2.43. The SMILES string of the molecule is C=C(C)C(=O)OC1C(O)C2CC(C(=O)OC3CCCO3)C1C2. The zero-order valence-corrected chi connectivity index (χ0v) is 12.7. The van der Waals surface area contributed by atoms with Crippen molar-refractivity contribution >= 4 is 11.9 Å². The molecule has 3 fully saturated rings. The van der Waals surface area contributed by atoms with Crippen molar-refractivity contribution in [3.8, 4) is 0 Å². The van der Waals surface area contributed by atoms with Gasteiger partial charge in [0.2, 0.25) is 6.29 Å². The topological polar surface area (TPSA) is 82.1 Å². The minimum Gasteiger partial charge on any atom is -0.456 e. The molecule has 1 aliphatic heterocycles. The van der Waals surface area contributed by atoms with Crippen LogP contribution in [-0.4, -0.2) is 42.1 Å². The minimum atomic E-state index is -0.708. The third-order valence-electron chi connectivity index (χ3n) is 4.92. The monoisotopic (exact) mass is 310 g/mol. The Bertz CT molecular complexity index is 481. The van der Waals surface area contributed by atoms with E-state index in [-0.39, 0.29) is 29.3 Å². The summed E-state index contributed by atoms with van der Waals surface area (Å²) in [4.78, 5) is 24.0. The average molecular weight is 310 g/mol. The van der Waals surface area contributed by atoms with Gasteiger partial charge < -0.3 is 19.3 Å². The molecule has 6 atom stereocenters. The number of carbonyl (C=O) groups is 2. The Morgan fingerprint density at radius 3 is 2.64 bits per heavy atom. The minimum absolute atomic E-state index is 0.0185. The van der Waals surface area contributed by atoms with Crippen molar-refractivity contribution in [1.82, 2.24) is 0 Å². The van der Waals surface area contributed by atoms with Crippen LogP contribution in [0.4, 0.5) is 0 Å². The van der Waals surface area contributed by atoms with Crippen LogP contribution in [0.15, 0.2) is 12.2 Å². The van der Waals surface area contributed by atoms with E-state index in [4.69, 9.17) is 14.2 Å². The van der Waals surface area contributed by atoms with Gasteiger partial charge in [-0.3, -0.25) is 4.79 Å². The lowest BCUT2D eigenvalue weighted by molar-refractivity contribution is -0.182. The molecule has 122 valence electrons. The van der Waals surface area contributed by atoms with Crippen LogP contribution in [0.2, 0.25) is 0 Å². The van der Waals surface area contributed by atoms with E-state index in [0.29, 0.717) is 19.4 Å². The van der Waals surface area contributed by atoms with Gasteiger partial charge in [-0.2, -0.15) is 0 Å². The Kier molecular flexibility index (Phi) is 4.23. The van der Waals surface area contributed by atoms with Gasteiger partial charge in [0.1, 0.15) is 6.10 Å². The predicted octanol–water partition coefficient (Wildman–Crippen LogP) is 1.17. The van der Waals surface area contributed by atoms with Gasteiger partial charge in [0, 0.05) is 17.9 Å². The molecule has 0 aromatic heterocycles. The van der Waals surface area contributed by atoms with Crippen molar-refractivity contribution in [1.29, 1.82) is 0 Å². The van der Waals surface area contributed by atoms with Crippen LogP contribution in [0.5, 0.6) is 0 Å². The van der Waals surface area contributed by atoms with Crippen molar-refractivity contribution < 1.29 is 28.9 Å². The van der Waals surface area contributed by atoms with Crippen LogP contribution in [0.3, 0.4) is 0 Å². The number of rotatable bonds is 4. The first-order valence-corrected chi connectivity index (χ1v) is 7.84. The number of aliphatic hydroxyl groups excluding tert-OH is 1. The summed E-state index contributed by atoms with van der Waals surface area (Å²) in [6.07, 6.45) is 1.08. The van der Waals surface area contributed by atoms with E-state index in [2.05, 4.69) is 6.58 Å². The maximum Gasteiger partial charge on any atom is 0.333 e. The third-order valence-corrected chi connectivity index (χ3v) is 4.92. The summed E-state index contributed by atoms with van der Waals surface area (Å²) in [5.74, 6) is -1.36. The Hall–Kier alpha value is -1.40. The first kappa shape index (κ1) is 15.5. The van der Waals surface area contributed by atoms with Crippen LogP contribution < -0.4 is 0 Å². The lowest BCUT2D eigenvalue weighted by Gasteiger charge is -2.32. The van der Waals surface area contributed by atoms with E-state index in [1.165, 1.54) is 0 Å². The first-order chi connectivity index (χ1) is 10.5. The van der Waals surface area contributed by atoms with Gasteiger partial charge in [-0.15, -0.1) is 0 Å². The highest BCUT2D eigenvalue weighted by atomic mass is 16.7. The normalized spacial score (nSPS) is 39.7. The van der Waals surface area contributed by atoms with Gasteiger partial charge in [0.15, 0.2) is 0 Å². The molecule has 0 aromatic carbocycles. The highest BCUT2D eigenvalue weighted by Crippen LogP contribution is 2.50. The largest absolute Gasteiger partial charge is 0.456 e. The molecule has 0 spiro atoms. The van der Waals surface area contributed by atoms with Crippen molar-refractivity contribution in [2.24, 2.45) is 17.8 Å². The molecule has 3 rings (SSSR count). The molecule has 6 heteroatoms. The van der Waals surface area contributed by atoms with E-state index >= 15 is 0 Å². The summed E-state index contributed by atoms with van der Waals surface area (Å²) in [5.41, 5.74) is 0.286. The van der Waals surface area contributed by atoms with Crippen molar-refractivity contribution in [3.05, 3.63) is 12.2 Å². The standard InChI is InChI=1S/C16H22O6/c1-8(2)15(18)22-14-10-6-9(13(14)17)7-11(10)16(19)21-12-4-3-5-20-12/h9-14,17H,1,3-7H2,2H3. The first-order valence-electron chi connectivity index (χ1n) is 7.84. The molecular weight excluding hydrogens is 288 g/mol. The van der Waals surface area contributed by atoms with Gasteiger partial charge in [-0.25, -0.2) is 4.79 Å². The second-order valence-corrected chi connectivity index (χ2v) is 6.52. The van der Waals surface area contributed by atoms with Crippen LogP contribution in [-0.2, 0) is 23.8 Å². The zero-order valence-electron chi connectivity index (χ0n) is 12.7. The van der Waals surface area contributed by atoms with Crippen LogP contribution >= 0.6 is 0 Å². The Labute approximate surface area is 129 Å². The molecule has 6 unspecified atom stereocenters. The number of fused-ring (bicyclic) bond motifs is 2. The van der Waals surface area contributed by atoms with Gasteiger partial charge in [-0.05, 0) is 32.1 Å². The van der Waals surface area contributed by atoms with E-state index in [0.717, 1.165) is 12.8 Å². The summed E-state index contributed by atoms with van der Waals surface area (Å²) in [6.45, 7) is 5.72. The summed E-state index contributed by atoms with van der Waals surface area (Å²) in [7, 11) is 0. The highest BCUT2D eigenvalue weighted by molar-refractivity contribution is 5.87. The number of hydrogen-bond acceptors (Lipinski definition) is 6. The molecule has 0 aromatic rings. The second-order valence-electron chi connectivity index (χ2n) is 6.52. The lowest BCUT2D eigenvalue weighted by atomic mass is 9.85. The molecule has 2 bridgehead atoms. The highest BCUT2D eigenvalue weighted by Gasteiger charge is 2.57. The molecule has 2 aliphatic carbocycles. The van der Waals surface area contributed by atoms with Crippen molar-refractivity contribution in [3.63, 3.8) is 0 Å². The maximum absolute atomic E-state index is 12.3. The molecule has 1 N–H and O–H groups in total. The number of ether oxygens (including phenoxy) is 3. The van der Waals surface area contributed by atoms with Crippen molar-refractivity contribution in [2.75, 3.05) is 6.61 Å². The second kappa shape index (κ2) is 6.01. The molecular formula is C16H22O6. The van der Waals surface area contributed by atoms with Crippen LogP contribution in [0.1, 0.15) is 32.6 Å². The molecule has 6 nitrogen and oxygen atoms in total. The summed E-state index contributed by atoms with van der Waals surface area (Å²) < 4.78 is 16.0. The molecule has 1 saturated heterocycles. The van der Waals surface area contributed by atoms with E-state index < -0.39 is 24.5 Å². The molecule has 3 aliphatic rings. The molecule has 0 amide bonds. The summed E-state index contributed by atoms with van der Waals surface area (Å²) >= 11 is 0. The van der Waals surface area contributed by atoms with Crippen molar-refractivity contribution in [2.45, 2.75) is 51.1 Å². The van der Waals surface area contributed by atoms with Gasteiger partial charge in [0.25, 0.3) is 0 Å². The fourth-order valence-corrected chi connectivity index (χ4v) is 3.78. The van der Waals surface area contributed by atoms with E-state index in [9.17, 15) is 14.7 Å². The fraction of sp³-hybridized carbons (Fsp3) is 0.750. The Morgan fingerprint density at radius 1 is 1.27 bits per heavy atom. The molecule has 0 radical (unpaired) electrons. The molecule has 22 heavy (non-hydrogen) atoms. The quantitative estimate of drug-likeness (QED) is 0.620. The summed E-state index contributed by atoms with van der Waals surface area (Å²) in [6, 6.07) is 0. The van der Waals surface area contributed by atoms with Gasteiger partial charge >= 0.3 is 11.9 Å². The van der Waals surface area contributed by atoms with Crippen LogP contribution in [0, 0.1) is 17.8 Å². The third kappa shape index (κ3) is 2.77. The number of hydrogen-bond donors (Lipinski definition) is 1. The van der Waals surface area contributed by atoms with E-state index in [1.54, 1.807) is 6.92 Å². The zero-order chi connectivity index (χ0) is 15.9. The number of carbonyl (C=O) groups excluding carboxylic acids is 2. The van der Waals surface area contributed by atoms with Gasteiger partial charge in [0.05, 0.1) is 18.6 Å². The smallest absolute Gasteiger partial charge is 0.333 e. The molecule has 1 heterocycles. The Morgan fingerprint density at radius 2 is 2.05 bits per heavy atom. The summed E-state index contributed by atoms with van der Waals surface area (Å²) in [5, 5.41) is 10.2. The van der Waals surface area contributed by atoms with E-state index in [1.807, 2.05) is 0 Å². The number of esters is 2. The van der Waals surface area contributed by atoms with Gasteiger partial charge in [-0.1, -0.05) is 6.58 Å². The fourth-order valence-electron chi connectivity index (χ4n) is 3.78. The predicted molar refractivity (Wildman–Crippen MR) is 75.5 cm³/mol. The van der Waals surface area contributed by atoms with Crippen LogP contribution in [0.25, 0.3) is 0 Å².